The van der Waals surface area contributed by atoms with Gasteiger partial charge in [0.05, 0.1) is 0 Å². The first kappa shape index (κ1) is 10.4. The molecule has 80 valence electrons. The molecule has 0 spiro atoms. The summed E-state index contributed by atoms with van der Waals surface area (Å²) in [7, 11) is 1.67. The minimum absolute atomic E-state index is 0.250. The van der Waals surface area contributed by atoms with E-state index in [0.29, 0.717) is 6.42 Å². The van der Waals surface area contributed by atoms with Gasteiger partial charge in [-0.3, -0.25) is 4.79 Å². The molecule has 0 saturated heterocycles. The second-order valence-electron chi connectivity index (χ2n) is 4.27. The summed E-state index contributed by atoms with van der Waals surface area (Å²) >= 11 is 0. The van der Waals surface area contributed by atoms with Crippen LogP contribution in [0.2, 0.25) is 0 Å². The lowest BCUT2D eigenvalue weighted by Crippen LogP contribution is -2.23. The maximum atomic E-state index is 11.8. The SMILES string of the molecule is COC1(C)C=CC=C2CCCC(=O)C2=C1. The predicted octanol–water partition coefficient (Wildman–Crippen LogP) is 2.57. The minimum atomic E-state index is -0.444. The van der Waals surface area contributed by atoms with Crippen molar-refractivity contribution in [3.63, 3.8) is 0 Å². The first-order valence-electron chi connectivity index (χ1n) is 5.34. The Morgan fingerprint density at radius 1 is 1.40 bits per heavy atom. The largest absolute Gasteiger partial charge is 0.370 e. The first-order valence-corrected chi connectivity index (χ1v) is 5.34. The zero-order valence-corrected chi connectivity index (χ0v) is 9.25. The summed E-state index contributed by atoms with van der Waals surface area (Å²) in [6, 6.07) is 0. The lowest BCUT2D eigenvalue weighted by Gasteiger charge is -2.22. The van der Waals surface area contributed by atoms with Crippen LogP contribution < -0.4 is 0 Å². The van der Waals surface area contributed by atoms with Gasteiger partial charge in [-0.1, -0.05) is 12.2 Å². The van der Waals surface area contributed by atoms with Crippen LogP contribution in [-0.2, 0) is 9.53 Å². The van der Waals surface area contributed by atoms with E-state index in [1.165, 1.54) is 0 Å². The van der Waals surface area contributed by atoms with Gasteiger partial charge < -0.3 is 4.74 Å². The fourth-order valence-corrected chi connectivity index (χ4v) is 2.05. The van der Waals surface area contributed by atoms with E-state index in [0.717, 1.165) is 24.0 Å². The Morgan fingerprint density at radius 2 is 2.20 bits per heavy atom. The van der Waals surface area contributed by atoms with Gasteiger partial charge in [0.2, 0.25) is 0 Å². The van der Waals surface area contributed by atoms with Crippen molar-refractivity contribution >= 4 is 5.78 Å². The van der Waals surface area contributed by atoms with Gasteiger partial charge in [0.15, 0.2) is 5.78 Å². The predicted molar refractivity (Wildman–Crippen MR) is 59.6 cm³/mol. The number of hydrogen-bond donors (Lipinski definition) is 0. The molecule has 2 nitrogen and oxygen atoms in total. The highest BCUT2D eigenvalue weighted by Crippen LogP contribution is 2.31. The van der Waals surface area contributed by atoms with E-state index in [2.05, 4.69) is 0 Å². The Bertz CT molecular complexity index is 374. The van der Waals surface area contributed by atoms with Crippen molar-refractivity contribution in [2.24, 2.45) is 0 Å². The molecule has 0 bridgehead atoms. The van der Waals surface area contributed by atoms with Crippen molar-refractivity contribution in [1.29, 1.82) is 0 Å². The molecule has 0 aromatic carbocycles. The molecule has 1 fully saturated rings. The van der Waals surface area contributed by atoms with Crippen LogP contribution in [0.4, 0.5) is 0 Å². The molecule has 2 aliphatic rings. The van der Waals surface area contributed by atoms with E-state index in [9.17, 15) is 4.79 Å². The summed E-state index contributed by atoms with van der Waals surface area (Å²) in [4.78, 5) is 11.8. The van der Waals surface area contributed by atoms with Gasteiger partial charge in [0.1, 0.15) is 5.60 Å². The Hall–Kier alpha value is -1.15. The van der Waals surface area contributed by atoms with Crippen LogP contribution in [0.1, 0.15) is 26.2 Å². The van der Waals surface area contributed by atoms with Crippen LogP contribution in [0.25, 0.3) is 0 Å². The summed E-state index contributed by atoms with van der Waals surface area (Å²) < 4.78 is 5.41. The second-order valence-corrected chi connectivity index (χ2v) is 4.27. The molecule has 1 atom stereocenters. The van der Waals surface area contributed by atoms with Gasteiger partial charge in [-0.2, -0.15) is 0 Å². The Kier molecular flexibility index (Phi) is 2.61. The summed E-state index contributed by atoms with van der Waals surface area (Å²) in [5.74, 6) is 0.250. The standard InChI is InChI=1S/C13H16O2/c1-13(15-2)8-4-6-10-5-3-7-12(14)11(10)9-13/h4,6,8-9H,3,5,7H2,1-2H3. The normalized spacial score (nSPS) is 30.4. The quantitative estimate of drug-likeness (QED) is 0.656. The number of carbonyl (C=O) groups excluding carboxylic acids is 1. The summed E-state index contributed by atoms with van der Waals surface area (Å²) in [5.41, 5.74) is 1.57. The summed E-state index contributed by atoms with van der Waals surface area (Å²) in [6.07, 6.45) is 10.6. The highest BCUT2D eigenvalue weighted by molar-refractivity contribution is 6.01. The zero-order chi connectivity index (χ0) is 10.9. The van der Waals surface area contributed by atoms with Gasteiger partial charge >= 0.3 is 0 Å². The molecule has 0 amide bonds. The number of hydrogen-bond acceptors (Lipinski definition) is 2. The zero-order valence-electron chi connectivity index (χ0n) is 9.25. The summed E-state index contributed by atoms with van der Waals surface area (Å²) in [6.45, 7) is 1.97. The van der Waals surface area contributed by atoms with Crippen LogP contribution in [0.3, 0.4) is 0 Å². The molecule has 2 aliphatic carbocycles. The maximum absolute atomic E-state index is 11.8. The van der Waals surface area contributed by atoms with E-state index in [4.69, 9.17) is 4.74 Å². The van der Waals surface area contributed by atoms with E-state index in [1.54, 1.807) is 7.11 Å². The van der Waals surface area contributed by atoms with Crippen LogP contribution in [0.5, 0.6) is 0 Å². The van der Waals surface area contributed by atoms with Gasteiger partial charge in [-0.15, -0.1) is 0 Å². The third-order valence-corrected chi connectivity index (χ3v) is 3.09. The Labute approximate surface area is 90.3 Å². The molecule has 0 aliphatic heterocycles. The average Bonchev–Trinajstić information content (AvgIpc) is 2.39. The molecular formula is C13H16O2. The molecule has 0 aromatic rings. The first-order chi connectivity index (χ1) is 7.14. The van der Waals surface area contributed by atoms with Gasteiger partial charge in [0, 0.05) is 19.1 Å². The smallest absolute Gasteiger partial charge is 0.162 e. The number of fused-ring (bicyclic) bond motifs is 1. The second kappa shape index (κ2) is 3.78. The average molecular weight is 204 g/mol. The number of methoxy groups -OCH3 is 1. The van der Waals surface area contributed by atoms with Crippen molar-refractivity contribution in [3.8, 4) is 0 Å². The van der Waals surface area contributed by atoms with Crippen molar-refractivity contribution in [2.75, 3.05) is 7.11 Å². The molecule has 1 saturated carbocycles. The highest BCUT2D eigenvalue weighted by Gasteiger charge is 2.26. The van der Waals surface area contributed by atoms with Gasteiger partial charge in [-0.25, -0.2) is 0 Å². The highest BCUT2D eigenvalue weighted by atomic mass is 16.5. The number of rotatable bonds is 1. The van der Waals surface area contributed by atoms with Crippen LogP contribution in [-0.4, -0.2) is 18.5 Å². The van der Waals surface area contributed by atoms with E-state index in [1.807, 2.05) is 31.2 Å². The molecule has 15 heavy (non-hydrogen) atoms. The van der Waals surface area contributed by atoms with Crippen molar-refractivity contribution in [1.82, 2.24) is 0 Å². The van der Waals surface area contributed by atoms with Crippen LogP contribution in [0.15, 0.2) is 35.5 Å². The molecule has 2 heteroatoms. The molecule has 0 radical (unpaired) electrons. The van der Waals surface area contributed by atoms with Crippen molar-refractivity contribution in [3.05, 3.63) is 35.5 Å². The Balaban J connectivity index is 2.43. The Morgan fingerprint density at radius 3 is 2.93 bits per heavy atom. The monoisotopic (exact) mass is 204 g/mol. The third kappa shape index (κ3) is 1.95. The van der Waals surface area contributed by atoms with E-state index >= 15 is 0 Å². The van der Waals surface area contributed by atoms with Crippen LogP contribution >= 0.6 is 0 Å². The number of ketones is 1. The fourth-order valence-electron chi connectivity index (χ4n) is 2.05. The molecule has 2 rings (SSSR count). The lowest BCUT2D eigenvalue weighted by atomic mass is 9.86. The van der Waals surface area contributed by atoms with Gasteiger partial charge in [-0.05, 0) is 37.5 Å². The topological polar surface area (TPSA) is 26.3 Å². The van der Waals surface area contributed by atoms with E-state index < -0.39 is 5.60 Å². The lowest BCUT2D eigenvalue weighted by molar-refractivity contribution is -0.116. The summed E-state index contributed by atoms with van der Waals surface area (Å²) in [5, 5.41) is 0. The number of allylic oxidation sites excluding steroid dienone is 4. The molecule has 1 unspecified atom stereocenters. The van der Waals surface area contributed by atoms with Crippen LogP contribution in [0, 0.1) is 0 Å². The molecule has 0 aromatic heterocycles. The van der Waals surface area contributed by atoms with E-state index in [-0.39, 0.29) is 5.78 Å². The number of carbonyl (C=O) groups is 1. The van der Waals surface area contributed by atoms with Gasteiger partial charge in [0.25, 0.3) is 0 Å². The number of ether oxygens (including phenoxy) is 1. The number of Topliss-reactive ketones (excluding diaryl/α,β-unsaturated/α-hetero) is 1. The van der Waals surface area contributed by atoms with Crippen molar-refractivity contribution in [2.45, 2.75) is 31.8 Å². The fraction of sp³-hybridized carbons (Fsp3) is 0.462. The molecule has 0 N–H and O–H groups in total. The molecule has 0 heterocycles. The maximum Gasteiger partial charge on any atom is 0.162 e. The van der Waals surface area contributed by atoms with Crippen molar-refractivity contribution < 1.29 is 9.53 Å². The molecular weight excluding hydrogens is 188 g/mol. The minimum Gasteiger partial charge on any atom is -0.370 e. The third-order valence-electron chi connectivity index (χ3n) is 3.09.